The maximum absolute atomic E-state index is 12.8. The van der Waals surface area contributed by atoms with E-state index in [-0.39, 0.29) is 38.6 Å². The monoisotopic (exact) mass is 746 g/mol. The highest BCUT2D eigenvalue weighted by Crippen LogP contribution is 2.53. The van der Waals surface area contributed by atoms with Crippen molar-refractivity contribution in [2.45, 2.75) is 62.3 Å². The van der Waals surface area contributed by atoms with Crippen LogP contribution < -0.4 is 4.74 Å². The summed E-state index contributed by atoms with van der Waals surface area (Å²) in [5.74, 6) is -1.89. The van der Waals surface area contributed by atoms with E-state index in [1.54, 1.807) is 24.3 Å². The van der Waals surface area contributed by atoms with Crippen LogP contribution >= 0.6 is 11.6 Å². The van der Waals surface area contributed by atoms with Gasteiger partial charge >= 0.3 is 6.36 Å². The standard InChI is InChI=1S/C42H38ClF3O7/c43-36-21-18-34(23-33(36)22-29-16-19-35(20-17-29)52-42(44,45)46)41-39(50-26-32-14-8-3-9-15-32)37(48-24-30-10-4-1-5-11-30)38(40(27-47,53-41)28-51-41)49-25-31-12-6-2-7-13-31/h1-21,23,37-39,47H,22,24-28H2/t37-,38-,39+,40-,41-/m0/s1. The Morgan fingerprint density at radius 3 is 1.77 bits per heavy atom. The molecule has 0 saturated carbocycles. The van der Waals surface area contributed by atoms with Crippen LogP contribution in [0.5, 0.6) is 5.75 Å². The van der Waals surface area contributed by atoms with Crippen molar-refractivity contribution in [3.05, 3.63) is 172 Å². The minimum Gasteiger partial charge on any atom is -0.406 e. The van der Waals surface area contributed by atoms with E-state index in [1.165, 1.54) is 12.1 Å². The molecule has 2 heterocycles. The number of halogens is 4. The van der Waals surface area contributed by atoms with Crippen LogP contribution in [0, 0.1) is 0 Å². The lowest BCUT2D eigenvalue weighted by molar-refractivity contribution is -0.353. The molecular weight excluding hydrogens is 709 g/mol. The van der Waals surface area contributed by atoms with Gasteiger partial charge in [-0.3, -0.25) is 0 Å². The van der Waals surface area contributed by atoms with Crippen LogP contribution in [-0.2, 0) is 55.7 Å². The number of rotatable bonds is 14. The first-order valence-electron chi connectivity index (χ1n) is 17.2. The van der Waals surface area contributed by atoms with Gasteiger partial charge in [-0.2, -0.15) is 0 Å². The van der Waals surface area contributed by atoms with Gasteiger partial charge in [0.2, 0.25) is 5.79 Å². The average Bonchev–Trinajstić information content (AvgIpc) is 3.53. The van der Waals surface area contributed by atoms with Crippen molar-refractivity contribution in [2.24, 2.45) is 0 Å². The van der Waals surface area contributed by atoms with Gasteiger partial charge in [-0.15, -0.1) is 13.2 Å². The topological polar surface area (TPSA) is 75.6 Å². The second-order valence-corrected chi connectivity index (χ2v) is 13.6. The van der Waals surface area contributed by atoms with Crippen LogP contribution in [-0.4, -0.2) is 48.6 Å². The molecule has 2 aliphatic rings. The zero-order chi connectivity index (χ0) is 36.9. The maximum Gasteiger partial charge on any atom is 0.573 e. The fraction of sp³-hybridized carbons (Fsp3) is 0.286. The number of hydrogen-bond acceptors (Lipinski definition) is 7. The van der Waals surface area contributed by atoms with Gasteiger partial charge in [0.05, 0.1) is 33.0 Å². The van der Waals surface area contributed by atoms with E-state index in [2.05, 4.69) is 4.74 Å². The van der Waals surface area contributed by atoms with Crippen LogP contribution in [0.3, 0.4) is 0 Å². The first kappa shape index (κ1) is 37.1. The molecular formula is C42H38ClF3O7. The molecule has 0 spiro atoms. The fourth-order valence-corrected chi connectivity index (χ4v) is 7.07. The Morgan fingerprint density at radius 1 is 0.679 bits per heavy atom. The second kappa shape index (κ2) is 16.0. The third-order valence-electron chi connectivity index (χ3n) is 9.47. The zero-order valence-corrected chi connectivity index (χ0v) is 29.3. The molecule has 0 amide bonds. The van der Waals surface area contributed by atoms with E-state index in [0.717, 1.165) is 16.7 Å². The van der Waals surface area contributed by atoms with Crippen LogP contribution in [0.1, 0.15) is 33.4 Å². The highest BCUT2D eigenvalue weighted by Gasteiger charge is 2.69. The zero-order valence-electron chi connectivity index (χ0n) is 28.6. The number of alkyl halides is 3. The predicted octanol–water partition coefficient (Wildman–Crippen LogP) is 8.53. The highest BCUT2D eigenvalue weighted by molar-refractivity contribution is 6.31. The van der Waals surface area contributed by atoms with Gasteiger partial charge in [-0.05, 0) is 58.5 Å². The Balaban J connectivity index is 1.27. The molecule has 2 bridgehead atoms. The lowest BCUT2D eigenvalue weighted by atomic mass is 9.83. The summed E-state index contributed by atoms with van der Waals surface area (Å²) in [7, 11) is 0. The number of hydrogen-bond donors (Lipinski definition) is 1. The molecule has 5 aromatic rings. The van der Waals surface area contributed by atoms with Crippen LogP contribution in [0.25, 0.3) is 0 Å². The predicted molar refractivity (Wildman–Crippen MR) is 191 cm³/mol. The fourth-order valence-electron chi connectivity index (χ4n) is 6.89. The molecule has 0 aromatic heterocycles. The van der Waals surface area contributed by atoms with Gasteiger partial charge in [0, 0.05) is 10.6 Å². The van der Waals surface area contributed by atoms with Crippen molar-refractivity contribution in [3.8, 4) is 5.75 Å². The Hall–Kier alpha value is -4.26. The Labute approximate surface area is 310 Å². The van der Waals surface area contributed by atoms with E-state index in [4.69, 9.17) is 35.3 Å². The van der Waals surface area contributed by atoms with E-state index in [9.17, 15) is 18.3 Å². The lowest BCUT2D eigenvalue weighted by Crippen LogP contribution is -2.67. The average molecular weight is 747 g/mol. The Kier molecular flexibility index (Phi) is 11.2. The minimum atomic E-state index is -4.79. The molecule has 2 saturated heterocycles. The molecule has 0 aliphatic carbocycles. The first-order chi connectivity index (χ1) is 25.7. The molecule has 1 N–H and O–H groups in total. The summed E-state index contributed by atoms with van der Waals surface area (Å²) in [6.07, 6.45) is -7.05. The van der Waals surface area contributed by atoms with Gasteiger partial charge in [-0.1, -0.05) is 121 Å². The van der Waals surface area contributed by atoms with Crippen molar-refractivity contribution >= 4 is 11.6 Å². The molecule has 0 unspecified atom stereocenters. The smallest absolute Gasteiger partial charge is 0.406 e. The third kappa shape index (κ3) is 8.45. The highest BCUT2D eigenvalue weighted by atomic mass is 35.5. The third-order valence-corrected chi connectivity index (χ3v) is 9.84. The molecule has 2 aliphatic heterocycles. The summed E-state index contributed by atoms with van der Waals surface area (Å²) in [6, 6.07) is 40.1. The second-order valence-electron chi connectivity index (χ2n) is 13.2. The van der Waals surface area contributed by atoms with Gasteiger partial charge in [0.25, 0.3) is 0 Å². The number of fused-ring (bicyclic) bond motifs is 2. The largest absolute Gasteiger partial charge is 0.573 e. The molecule has 11 heteroatoms. The molecule has 53 heavy (non-hydrogen) atoms. The number of benzene rings is 5. The molecule has 7 rings (SSSR count). The molecule has 276 valence electrons. The molecule has 2 fully saturated rings. The van der Waals surface area contributed by atoms with Crippen LogP contribution in [0.2, 0.25) is 5.02 Å². The maximum atomic E-state index is 12.8. The van der Waals surface area contributed by atoms with Crippen LogP contribution in [0.4, 0.5) is 13.2 Å². The minimum absolute atomic E-state index is 0.0298. The van der Waals surface area contributed by atoms with Gasteiger partial charge in [0.1, 0.15) is 29.7 Å². The molecule has 0 radical (unpaired) electrons. The molecule has 7 nitrogen and oxygen atoms in total. The summed E-state index contributed by atoms with van der Waals surface area (Å²) >= 11 is 6.73. The van der Waals surface area contributed by atoms with Gasteiger partial charge in [0.15, 0.2) is 0 Å². The summed E-state index contributed by atoms with van der Waals surface area (Å²) < 4.78 is 76.2. The quantitative estimate of drug-likeness (QED) is 0.122. The van der Waals surface area contributed by atoms with Crippen molar-refractivity contribution in [1.29, 1.82) is 0 Å². The SMILES string of the molecule is OC[C@@]12CO[C@@](c3ccc(Cl)c(Cc4ccc(OC(F)(F)F)cc4)c3)(O1)[C@H](OCc1ccccc1)[C@@H](OCc1ccccc1)[C@@H]2OCc1ccccc1. The summed E-state index contributed by atoms with van der Waals surface area (Å²) in [4.78, 5) is 0. The van der Waals surface area contributed by atoms with Crippen molar-refractivity contribution < 1.29 is 46.7 Å². The molecule has 5 atom stereocenters. The molecule has 5 aromatic carbocycles. The lowest BCUT2D eigenvalue weighted by Gasteiger charge is -2.50. The van der Waals surface area contributed by atoms with Crippen molar-refractivity contribution in [2.75, 3.05) is 13.2 Å². The van der Waals surface area contributed by atoms with E-state index >= 15 is 0 Å². The Bertz CT molecular complexity index is 1930. The van der Waals surface area contributed by atoms with E-state index in [0.29, 0.717) is 21.7 Å². The Morgan fingerprint density at radius 2 is 1.23 bits per heavy atom. The number of aliphatic hydroxyl groups is 1. The van der Waals surface area contributed by atoms with E-state index in [1.807, 2.05) is 97.1 Å². The first-order valence-corrected chi connectivity index (χ1v) is 17.6. The van der Waals surface area contributed by atoms with E-state index < -0.39 is 42.7 Å². The van der Waals surface area contributed by atoms with Crippen LogP contribution in [0.15, 0.2) is 133 Å². The van der Waals surface area contributed by atoms with Crippen molar-refractivity contribution in [1.82, 2.24) is 0 Å². The summed E-state index contributed by atoms with van der Waals surface area (Å²) in [5.41, 5.74) is 3.38. The van der Waals surface area contributed by atoms with Crippen molar-refractivity contribution in [3.63, 3.8) is 0 Å². The number of ether oxygens (including phenoxy) is 6. The number of aliphatic hydroxyl groups excluding tert-OH is 1. The van der Waals surface area contributed by atoms with Gasteiger partial charge in [-0.25, -0.2) is 0 Å². The normalized spacial score (nSPS) is 23.9. The van der Waals surface area contributed by atoms with Gasteiger partial charge < -0.3 is 33.5 Å². The summed E-state index contributed by atoms with van der Waals surface area (Å²) in [5, 5.41) is 11.5. The summed E-state index contributed by atoms with van der Waals surface area (Å²) in [6.45, 7) is 0.169.